The Labute approximate surface area is 154 Å². The number of rotatable bonds is 4. The molecule has 1 fully saturated rings. The van der Waals surface area contributed by atoms with Gasteiger partial charge in [-0.25, -0.2) is 4.68 Å². The van der Waals surface area contributed by atoms with Crippen LogP contribution in [-0.2, 0) is 0 Å². The van der Waals surface area contributed by atoms with E-state index < -0.39 is 5.91 Å². The van der Waals surface area contributed by atoms with E-state index >= 15 is 0 Å². The lowest BCUT2D eigenvalue weighted by Crippen LogP contribution is -2.38. The van der Waals surface area contributed by atoms with Crippen LogP contribution in [0, 0.1) is 0 Å². The molecule has 1 saturated heterocycles. The second kappa shape index (κ2) is 6.98. The largest absolute Gasteiger partial charge is 0.364 e. The molecule has 2 amide bonds. The van der Waals surface area contributed by atoms with Gasteiger partial charge >= 0.3 is 0 Å². The average Bonchev–Trinajstić information content (AvgIpc) is 3.40. The zero-order valence-electron chi connectivity index (χ0n) is 14.4. The summed E-state index contributed by atoms with van der Waals surface area (Å²) in [6.07, 6.45) is 3.07. The number of hydrogen-bond donors (Lipinski definition) is 2. The van der Waals surface area contributed by atoms with Gasteiger partial charge in [-0.2, -0.15) is 5.10 Å². The number of tetrazole rings is 1. The molecule has 3 heterocycles. The molecule has 0 spiro atoms. The van der Waals surface area contributed by atoms with E-state index in [1.54, 1.807) is 18.2 Å². The third kappa shape index (κ3) is 3.41. The molecular weight excluding hydrogens is 348 g/mol. The van der Waals surface area contributed by atoms with Crippen molar-refractivity contribution < 1.29 is 9.59 Å². The number of likely N-dealkylation sites (tertiary alicyclic amines) is 1. The van der Waals surface area contributed by atoms with Crippen molar-refractivity contribution in [2.45, 2.75) is 18.8 Å². The first kappa shape index (κ1) is 16.9. The van der Waals surface area contributed by atoms with Gasteiger partial charge in [0.1, 0.15) is 12.0 Å². The number of carbonyl (C=O) groups is 2. The van der Waals surface area contributed by atoms with Gasteiger partial charge in [-0.3, -0.25) is 14.7 Å². The maximum Gasteiger partial charge on any atom is 0.269 e. The number of primary amides is 1. The summed E-state index contributed by atoms with van der Waals surface area (Å²) in [5, 5.41) is 17.9. The number of amides is 2. The molecule has 10 heteroatoms. The van der Waals surface area contributed by atoms with Crippen LogP contribution in [0.1, 0.15) is 45.3 Å². The number of H-pyrrole nitrogens is 1. The maximum absolute atomic E-state index is 12.8. The Kier molecular flexibility index (Phi) is 4.37. The van der Waals surface area contributed by atoms with Crippen molar-refractivity contribution in [3.63, 3.8) is 0 Å². The molecule has 3 aromatic rings. The van der Waals surface area contributed by atoms with Gasteiger partial charge in [0.15, 0.2) is 0 Å². The molecule has 0 radical (unpaired) electrons. The molecule has 1 aromatic carbocycles. The van der Waals surface area contributed by atoms with Crippen LogP contribution in [0.4, 0.5) is 0 Å². The highest BCUT2D eigenvalue weighted by atomic mass is 16.2. The molecule has 0 atom stereocenters. The molecule has 10 nitrogen and oxygen atoms in total. The van der Waals surface area contributed by atoms with Gasteiger partial charge in [0.2, 0.25) is 0 Å². The number of aromatic nitrogens is 6. The minimum Gasteiger partial charge on any atom is -0.364 e. The monoisotopic (exact) mass is 366 g/mol. The van der Waals surface area contributed by atoms with E-state index in [0.717, 1.165) is 24.2 Å². The number of aromatic amines is 1. The third-order valence-corrected chi connectivity index (χ3v) is 4.78. The van der Waals surface area contributed by atoms with Gasteiger partial charge in [0.05, 0.1) is 5.69 Å². The lowest BCUT2D eigenvalue weighted by molar-refractivity contribution is 0.0712. The summed E-state index contributed by atoms with van der Waals surface area (Å²) in [5.74, 6) is -0.347. The van der Waals surface area contributed by atoms with Gasteiger partial charge in [-0.1, -0.05) is 6.07 Å². The predicted molar refractivity (Wildman–Crippen MR) is 94.1 cm³/mol. The molecule has 1 aliphatic rings. The van der Waals surface area contributed by atoms with Crippen LogP contribution in [0.15, 0.2) is 36.7 Å². The molecule has 27 heavy (non-hydrogen) atoms. The lowest BCUT2D eigenvalue weighted by atomic mass is 9.93. The fourth-order valence-electron chi connectivity index (χ4n) is 3.31. The summed E-state index contributed by atoms with van der Waals surface area (Å²) >= 11 is 0. The second-order valence-electron chi connectivity index (χ2n) is 6.44. The zero-order chi connectivity index (χ0) is 18.8. The lowest BCUT2D eigenvalue weighted by Gasteiger charge is -2.31. The van der Waals surface area contributed by atoms with Crippen LogP contribution in [-0.4, -0.2) is 60.2 Å². The van der Waals surface area contributed by atoms with Crippen molar-refractivity contribution >= 4 is 11.8 Å². The summed E-state index contributed by atoms with van der Waals surface area (Å²) < 4.78 is 1.51. The highest BCUT2D eigenvalue weighted by Crippen LogP contribution is 2.28. The first-order valence-corrected chi connectivity index (χ1v) is 8.59. The van der Waals surface area contributed by atoms with Crippen molar-refractivity contribution in [2.75, 3.05) is 13.1 Å². The normalized spacial score (nSPS) is 15.0. The van der Waals surface area contributed by atoms with Crippen molar-refractivity contribution in [2.24, 2.45) is 5.73 Å². The van der Waals surface area contributed by atoms with Gasteiger partial charge in [-0.05, 0) is 47.5 Å². The molecule has 138 valence electrons. The summed E-state index contributed by atoms with van der Waals surface area (Å²) in [4.78, 5) is 25.9. The number of nitrogens with one attached hydrogen (secondary N) is 1. The Bertz CT molecular complexity index is 957. The minimum atomic E-state index is -0.549. The van der Waals surface area contributed by atoms with Crippen LogP contribution in [0.5, 0.6) is 0 Å². The SMILES string of the molecule is NC(=O)c1cc(C2CCN(C(=O)c3cccc(-n4cnnn4)c3)CC2)[nH]n1. The third-order valence-electron chi connectivity index (χ3n) is 4.78. The predicted octanol–water partition coefficient (Wildman–Crippen LogP) is 0.504. The number of nitrogens with two attached hydrogens (primary N) is 1. The average molecular weight is 366 g/mol. The van der Waals surface area contributed by atoms with Crippen molar-refractivity contribution in [3.05, 3.63) is 53.6 Å². The van der Waals surface area contributed by atoms with Gasteiger partial charge in [0.25, 0.3) is 11.8 Å². The van der Waals surface area contributed by atoms with E-state index in [9.17, 15) is 9.59 Å². The minimum absolute atomic E-state index is 0.0224. The summed E-state index contributed by atoms with van der Waals surface area (Å²) in [6.45, 7) is 1.26. The molecule has 1 aliphatic heterocycles. The van der Waals surface area contributed by atoms with E-state index in [-0.39, 0.29) is 17.5 Å². The Morgan fingerprint density at radius 1 is 1.19 bits per heavy atom. The van der Waals surface area contributed by atoms with Crippen molar-refractivity contribution in [1.29, 1.82) is 0 Å². The highest BCUT2D eigenvalue weighted by molar-refractivity contribution is 5.94. The van der Waals surface area contributed by atoms with Gasteiger partial charge < -0.3 is 10.6 Å². The Morgan fingerprint density at radius 2 is 2.00 bits per heavy atom. The molecule has 2 aromatic heterocycles. The molecule has 0 bridgehead atoms. The first-order chi connectivity index (χ1) is 13.1. The molecular formula is C17H18N8O2. The molecule has 0 aliphatic carbocycles. The van der Waals surface area contributed by atoms with Crippen LogP contribution >= 0.6 is 0 Å². The number of carbonyl (C=O) groups excluding carboxylic acids is 2. The van der Waals surface area contributed by atoms with Crippen LogP contribution in [0.25, 0.3) is 5.69 Å². The van der Waals surface area contributed by atoms with Crippen LogP contribution in [0.3, 0.4) is 0 Å². The van der Waals surface area contributed by atoms with Gasteiger partial charge in [0, 0.05) is 30.3 Å². The van der Waals surface area contributed by atoms with Crippen LogP contribution < -0.4 is 5.73 Å². The Morgan fingerprint density at radius 3 is 2.67 bits per heavy atom. The fourth-order valence-corrected chi connectivity index (χ4v) is 3.31. The second-order valence-corrected chi connectivity index (χ2v) is 6.44. The molecule has 0 saturated carbocycles. The Balaban J connectivity index is 1.43. The summed E-state index contributed by atoms with van der Waals surface area (Å²) in [5.41, 5.74) is 7.70. The standard InChI is InChI=1S/C17H18N8O2/c18-16(26)15-9-14(20-21-15)11-4-6-24(7-5-11)17(27)12-2-1-3-13(8-12)25-10-19-22-23-25/h1-3,8-11H,4-7H2,(H2,18,26)(H,20,21). The highest BCUT2D eigenvalue weighted by Gasteiger charge is 2.26. The Hall–Kier alpha value is -3.56. The fraction of sp³-hybridized carbons (Fsp3) is 0.294. The summed E-state index contributed by atoms with van der Waals surface area (Å²) in [6, 6.07) is 8.91. The van der Waals surface area contributed by atoms with E-state index in [1.807, 2.05) is 17.0 Å². The number of hydrogen-bond acceptors (Lipinski definition) is 6. The summed E-state index contributed by atoms with van der Waals surface area (Å²) in [7, 11) is 0. The smallest absolute Gasteiger partial charge is 0.269 e. The van der Waals surface area contributed by atoms with Crippen molar-refractivity contribution in [3.8, 4) is 5.69 Å². The van der Waals surface area contributed by atoms with Crippen LogP contribution in [0.2, 0.25) is 0 Å². The maximum atomic E-state index is 12.8. The topological polar surface area (TPSA) is 136 Å². The number of nitrogens with zero attached hydrogens (tertiary/aromatic N) is 6. The number of benzene rings is 1. The molecule has 4 rings (SSSR count). The van der Waals surface area contributed by atoms with E-state index in [2.05, 4.69) is 25.7 Å². The van der Waals surface area contributed by atoms with E-state index in [0.29, 0.717) is 18.7 Å². The van der Waals surface area contributed by atoms with E-state index in [1.165, 1.54) is 11.0 Å². The van der Waals surface area contributed by atoms with Crippen molar-refractivity contribution in [1.82, 2.24) is 35.3 Å². The quantitative estimate of drug-likeness (QED) is 0.690. The molecule has 0 unspecified atom stereocenters. The van der Waals surface area contributed by atoms with E-state index in [4.69, 9.17) is 5.73 Å². The molecule has 3 N–H and O–H groups in total. The zero-order valence-corrected chi connectivity index (χ0v) is 14.4. The first-order valence-electron chi connectivity index (χ1n) is 8.59. The van der Waals surface area contributed by atoms with Gasteiger partial charge in [-0.15, -0.1) is 5.10 Å². The number of piperidine rings is 1.